The molecule has 140 valence electrons. The molecule has 4 nitrogen and oxygen atoms in total. The van der Waals surface area contributed by atoms with Crippen LogP contribution in [0, 0.1) is 0 Å². The number of Topliss-reactive ketones (excluding diaryl/α,β-unsaturated/α-hetero) is 1. The molecule has 0 bridgehead atoms. The van der Waals surface area contributed by atoms with Gasteiger partial charge in [-0.3, -0.25) is 9.69 Å². The molecule has 4 heteroatoms. The number of ketones is 1. The van der Waals surface area contributed by atoms with E-state index in [1.54, 1.807) is 0 Å². The van der Waals surface area contributed by atoms with Gasteiger partial charge in [0.25, 0.3) is 0 Å². The van der Waals surface area contributed by atoms with Gasteiger partial charge in [-0.05, 0) is 57.7 Å². The fourth-order valence-corrected chi connectivity index (χ4v) is 4.54. The van der Waals surface area contributed by atoms with E-state index in [4.69, 9.17) is 0 Å². The molecule has 0 N–H and O–H groups in total. The molecule has 2 aliphatic carbocycles. The molecule has 0 amide bonds. The molecule has 1 aromatic heterocycles. The van der Waals surface area contributed by atoms with Crippen LogP contribution in [-0.2, 0) is 13.0 Å². The largest absolute Gasteiger partial charge is 0.369 e. The van der Waals surface area contributed by atoms with Gasteiger partial charge >= 0.3 is 0 Å². The molecular formula is C22H31N3O. The number of aryl methyl sites for hydroxylation is 1. The number of hydrogen-bond donors (Lipinski definition) is 0. The summed E-state index contributed by atoms with van der Waals surface area (Å²) in [6, 6.07) is 2.03. The Hall–Kier alpha value is -1.81. The summed E-state index contributed by atoms with van der Waals surface area (Å²) in [6.07, 6.45) is 13.3. The van der Waals surface area contributed by atoms with E-state index in [1.807, 2.05) is 6.07 Å². The van der Waals surface area contributed by atoms with Crippen LogP contribution in [-0.4, -0.2) is 52.9 Å². The van der Waals surface area contributed by atoms with Gasteiger partial charge in [0.15, 0.2) is 5.78 Å². The smallest absolute Gasteiger partial charge is 0.164 e. The van der Waals surface area contributed by atoms with Crippen molar-refractivity contribution in [2.24, 2.45) is 0 Å². The second-order valence-electron chi connectivity index (χ2n) is 7.99. The summed E-state index contributed by atoms with van der Waals surface area (Å²) in [5.74, 6) is 0.336. The van der Waals surface area contributed by atoms with Crippen LogP contribution in [0.15, 0.2) is 35.7 Å². The van der Waals surface area contributed by atoms with E-state index < -0.39 is 0 Å². The van der Waals surface area contributed by atoms with Crippen LogP contribution < -0.4 is 0 Å². The lowest BCUT2D eigenvalue weighted by Gasteiger charge is -2.37. The van der Waals surface area contributed by atoms with Gasteiger partial charge in [-0.15, -0.1) is 0 Å². The fourth-order valence-electron chi connectivity index (χ4n) is 4.54. The SMILES string of the molecule is CC1=CC(N2CCN(CCCn3ccc4c3CCCC4=O)CC2)=CCC1. The Balaban J connectivity index is 1.23. The first-order valence-corrected chi connectivity index (χ1v) is 10.3. The predicted octanol–water partition coefficient (Wildman–Crippen LogP) is 3.64. The summed E-state index contributed by atoms with van der Waals surface area (Å²) in [7, 11) is 0. The van der Waals surface area contributed by atoms with Crippen molar-refractivity contribution in [1.29, 1.82) is 0 Å². The maximum atomic E-state index is 12.0. The molecule has 0 radical (unpaired) electrons. The highest BCUT2D eigenvalue weighted by Crippen LogP contribution is 2.23. The van der Waals surface area contributed by atoms with Crippen LogP contribution >= 0.6 is 0 Å². The van der Waals surface area contributed by atoms with E-state index in [0.29, 0.717) is 5.78 Å². The number of nitrogens with zero attached hydrogens (tertiary/aromatic N) is 3. The van der Waals surface area contributed by atoms with Gasteiger partial charge in [0.1, 0.15) is 0 Å². The first-order chi connectivity index (χ1) is 12.7. The topological polar surface area (TPSA) is 28.5 Å². The summed E-state index contributed by atoms with van der Waals surface area (Å²) in [5, 5.41) is 0. The van der Waals surface area contributed by atoms with E-state index in [2.05, 4.69) is 39.6 Å². The summed E-state index contributed by atoms with van der Waals surface area (Å²) >= 11 is 0. The lowest BCUT2D eigenvalue weighted by molar-refractivity contribution is 0.0971. The number of carbonyl (C=O) groups is 1. The van der Waals surface area contributed by atoms with Crippen LogP contribution in [0.5, 0.6) is 0 Å². The minimum atomic E-state index is 0.336. The second kappa shape index (κ2) is 7.83. The van der Waals surface area contributed by atoms with Crippen LogP contribution in [0.3, 0.4) is 0 Å². The highest BCUT2D eigenvalue weighted by atomic mass is 16.1. The zero-order valence-corrected chi connectivity index (χ0v) is 16.0. The highest BCUT2D eigenvalue weighted by molar-refractivity contribution is 5.98. The van der Waals surface area contributed by atoms with Crippen molar-refractivity contribution in [1.82, 2.24) is 14.4 Å². The van der Waals surface area contributed by atoms with E-state index in [-0.39, 0.29) is 0 Å². The first kappa shape index (κ1) is 17.6. The number of rotatable bonds is 5. The third-order valence-electron chi connectivity index (χ3n) is 6.09. The van der Waals surface area contributed by atoms with Crippen molar-refractivity contribution >= 4 is 5.78 Å². The molecule has 0 spiro atoms. The van der Waals surface area contributed by atoms with Gasteiger partial charge in [0.05, 0.1) is 0 Å². The molecule has 1 aromatic rings. The number of aromatic nitrogens is 1. The minimum Gasteiger partial charge on any atom is -0.369 e. The van der Waals surface area contributed by atoms with Crippen LogP contribution in [0.1, 0.15) is 55.1 Å². The van der Waals surface area contributed by atoms with Gasteiger partial charge in [0, 0.05) is 62.3 Å². The number of allylic oxidation sites excluding steroid dienone is 3. The molecule has 1 fully saturated rings. The molecule has 1 saturated heterocycles. The van der Waals surface area contributed by atoms with Crippen molar-refractivity contribution in [3.05, 3.63) is 46.9 Å². The Morgan fingerprint density at radius 3 is 2.69 bits per heavy atom. The normalized spacial score (nSPS) is 21.4. The monoisotopic (exact) mass is 353 g/mol. The van der Waals surface area contributed by atoms with Gasteiger partial charge in [-0.25, -0.2) is 0 Å². The van der Waals surface area contributed by atoms with Crippen molar-refractivity contribution in [3.8, 4) is 0 Å². The molecule has 4 rings (SSSR count). The van der Waals surface area contributed by atoms with Crippen LogP contribution in [0.25, 0.3) is 0 Å². The number of hydrogen-bond acceptors (Lipinski definition) is 3. The van der Waals surface area contributed by atoms with E-state index >= 15 is 0 Å². The minimum absolute atomic E-state index is 0.336. The molecule has 0 unspecified atom stereocenters. The predicted molar refractivity (Wildman–Crippen MR) is 105 cm³/mol. The standard InChI is InChI=1S/C22H31N3O/c1-18-5-2-6-19(17-18)24-15-13-23(14-16-24)10-4-11-25-12-9-20-21(25)7-3-8-22(20)26/h6,9,12,17H,2-5,7-8,10-11,13-16H2,1H3. The van der Waals surface area contributed by atoms with Gasteiger partial charge in [-0.1, -0.05) is 11.6 Å². The summed E-state index contributed by atoms with van der Waals surface area (Å²) in [6.45, 7) is 9.04. The van der Waals surface area contributed by atoms with Crippen LogP contribution in [0.2, 0.25) is 0 Å². The van der Waals surface area contributed by atoms with E-state index in [1.165, 1.54) is 29.8 Å². The molecular weight excluding hydrogens is 322 g/mol. The van der Waals surface area contributed by atoms with Crippen molar-refractivity contribution in [2.45, 2.75) is 52.0 Å². The average Bonchev–Trinajstić information content (AvgIpc) is 3.07. The Morgan fingerprint density at radius 2 is 1.88 bits per heavy atom. The van der Waals surface area contributed by atoms with Crippen molar-refractivity contribution < 1.29 is 4.79 Å². The van der Waals surface area contributed by atoms with E-state index in [0.717, 1.165) is 70.5 Å². The van der Waals surface area contributed by atoms with Crippen molar-refractivity contribution in [2.75, 3.05) is 32.7 Å². The quantitative estimate of drug-likeness (QED) is 0.809. The third kappa shape index (κ3) is 3.80. The zero-order valence-electron chi connectivity index (χ0n) is 16.0. The summed E-state index contributed by atoms with van der Waals surface area (Å²) < 4.78 is 2.32. The second-order valence-corrected chi connectivity index (χ2v) is 7.99. The number of fused-ring (bicyclic) bond motifs is 1. The van der Waals surface area contributed by atoms with Crippen molar-refractivity contribution in [3.63, 3.8) is 0 Å². The Bertz CT molecular complexity index is 720. The lowest BCUT2D eigenvalue weighted by atomic mass is 9.97. The Labute approximate surface area is 157 Å². The number of carbonyl (C=O) groups excluding carboxylic acids is 1. The molecule has 26 heavy (non-hydrogen) atoms. The number of piperazine rings is 1. The molecule has 3 aliphatic rings. The molecule has 0 aromatic carbocycles. The Kier molecular flexibility index (Phi) is 5.30. The zero-order chi connectivity index (χ0) is 17.9. The molecule has 2 heterocycles. The lowest BCUT2D eigenvalue weighted by Crippen LogP contribution is -2.46. The molecule has 1 aliphatic heterocycles. The maximum Gasteiger partial charge on any atom is 0.164 e. The van der Waals surface area contributed by atoms with Gasteiger partial charge in [0.2, 0.25) is 0 Å². The van der Waals surface area contributed by atoms with E-state index in [9.17, 15) is 4.79 Å². The fraction of sp³-hybridized carbons (Fsp3) is 0.591. The van der Waals surface area contributed by atoms with Gasteiger partial charge in [-0.2, -0.15) is 0 Å². The van der Waals surface area contributed by atoms with Gasteiger partial charge < -0.3 is 9.47 Å². The first-order valence-electron chi connectivity index (χ1n) is 10.3. The highest BCUT2D eigenvalue weighted by Gasteiger charge is 2.21. The summed E-state index contributed by atoms with van der Waals surface area (Å²) in [5.41, 5.74) is 5.21. The molecule has 0 saturated carbocycles. The average molecular weight is 354 g/mol. The Morgan fingerprint density at radius 1 is 1.04 bits per heavy atom. The summed E-state index contributed by atoms with van der Waals surface area (Å²) in [4.78, 5) is 17.1. The third-order valence-corrected chi connectivity index (χ3v) is 6.09. The van der Waals surface area contributed by atoms with Crippen LogP contribution in [0.4, 0.5) is 0 Å². The maximum absolute atomic E-state index is 12.0. The molecule has 0 atom stereocenters.